The Bertz CT molecular complexity index is 544. The van der Waals surface area contributed by atoms with E-state index in [1.54, 1.807) is 6.92 Å². The highest BCUT2D eigenvalue weighted by molar-refractivity contribution is 5.40. The summed E-state index contributed by atoms with van der Waals surface area (Å²) in [6.45, 7) is 6.05. The van der Waals surface area contributed by atoms with E-state index >= 15 is 0 Å². The summed E-state index contributed by atoms with van der Waals surface area (Å²) in [5.74, 6) is 1.98. The fraction of sp³-hybridized carbons (Fsp3) is 0.294. The van der Waals surface area contributed by atoms with Gasteiger partial charge in [-0.2, -0.15) is 0 Å². The second kappa shape index (κ2) is 5.89. The SMILES string of the molecule is CC(C)c1cccc(Oc2ccccc2[C@H](C)O)c1. The first-order valence-electron chi connectivity index (χ1n) is 6.62. The number of ether oxygens (including phenoxy) is 1. The summed E-state index contributed by atoms with van der Waals surface area (Å²) in [6.07, 6.45) is -0.538. The van der Waals surface area contributed by atoms with Gasteiger partial charge in [-0.3, -0.25) is 0 Å². The molecule has 0 aliphatic heterocycles. The normalized spacial score (nSPS) is 12.5. The molecule has 2 heteroatoms. The van der Waals surface area contributed by atoms with Crippen molar-refractivity contribution < 1.29 is 9.84 Å². The van der Waals surface area contributed by atoms with E-state index in [-0.39, 0.29) is 0 Å². The van der Waals surface area contributed by atoms with Gasteiger partial charge in [-0.1, -0.05) is 44.2 Å². The zero-order valence-electron chi connectivity index (χ0n) is 11.6. The average molecular weight is 256 g/mol. The highest BCUT2D eigenvalue weighted by Gasteiger charge is 2.09. The number of hydrogen-bond acceptors (Lipinski definition) is 2. The van der Waals surface area contributed by atoms with Crippen LogP contribution in [-0.2, 0) is 0 Å². The topological polar surface area (TPSA) is 29.5 Å². The van der Waals surface area contributed by atoms with Crippen LogP contribution in [0.3, 0.4) is 0 Å². The van der Waals surface area contributed by atoms with Gasteiger partial charge in [-0.15, -0.1) is 0 Å². The molecule has 0 fully saturated rings. The molecule has 2 aromatic carbocycles. The molecular weight excluding hydrogens is 236 g/mol. The zero-order valence-corrected chi connectivity index (χ0v) is 11.6. The van der Waals surface area contributed by atoms with Crippen LogP contribution < -0.4 is 4.74 Å². The van der Waals surface area contributed by atoms with Gasteiger partial charge in [0.15, 0.2) is 0 Å². The van der Waals surface area contributed by atoms with Crippen molar-refractivity contribution in [3.63, 3.8) is 0 Å². The molecule has 0 aliphatic carbocycles. The summed E-state index contributed by atoms with van der Waals surface area (Å²) >= 11 is 0. The Hall–Kier alpha value is -1.80. The third-order valence-electron chi connectivity index (χ3n) is 3.12. The fourth-order valence-corrected chi connectivity index (χ4v) is 1.98. The van der Waals surface area contributed by atoms with Crippen LogP contribution in [0.15, 0.2) is 48.5 Å². The largest absolute Gasteiger partial charge is 0.457 e. The Kier molecular flexibility index (Phi) is 4.23. The lowest BCUT2D eigenvalue weighted by atomic mass is 10.0. The van der Waals surface area contributed by atoms with Gasteiger partial charge in [0.2, 0.25) is 0 Å². The number of aliphatic hydroxyl groups is 1. The third-order valence-corrected chi connectivity index (χ3v) is 3.12. The zero-order chi connectivity index (χ0) is 13.8. The number of para-hydroxylation sites is 1. The molecule has 19 heavy (non-hydrogen) atoms. The van der Waals surface area contributed by atoms with Gasteiger partial charge in [0.1, 0.15) is 11.5 Å². The van der Waals surface area contributed by atoms with Crippen molar-refractivity contribution in [3.05, 3.63) is 59.7 Å². The summed E-state index contributed by atoms with van der Waals surface area (Å²) in [6, 6.07) is 15.6. The molecule has 0 heterocycles. The van der Waals surface area contributed by atoms with Crippen LogP contribution in [0.5, 0.6) is 11.5 Å². The van der Waals surface area contributed by atoms with Crippen molar-refractivity contribution >= 4 is 0 Å². The minimum Gasteiger partial charge on any atom is -0.457 e. The van der Waals surface area contributed by atoms with Gasteiger partial charge < -0.3 is 9.84 Å². The van der Waals surface area contributed by atoms with E-state index < -0.39 is 6.10 Å². The van der Waals surface area contributed by atoms with Crippen molar-refractivity contribution in [2.75, 3.05) is 0 Å². The van der Waals surface area contributed by atoms with Crippen molar-refractivity contribution in [3.8, 4) is 11.5 Å². The average Bonchev–Trinajstić information content (AvgIpc) is 2.39. The molecule has 1 N–H and O–H groups in total. The van der Waals surface area contributed by atoms with Crippen LogP contribution in [0.4, 0.5) is 0 Å². The van der Waals surface area contributed by atoms with Crippen LogP contribution in [-0.4, -0.2) is 5.11 Å². The highest BCUT2D eigenvalue weighted by Crippen LogP contribution is 2.30. The van der Waals surface area contributed by atoms with Crippen LogP contribution in [0, 0.1) is 0 Å². The lowest BCUT2D eigenvalue weighted by Crippen LogP contribution is -1.96. The molecule has 2 rings (SSSR count). The van der Waals surface area contributed by atoms with Gasteiger partial charge in [0.05, 0.1) is 6.10 Å². The predicted octanol–water partition coefficient (Wildman–Crippen LogP) is 4.66. The molecule has 1 atom stereocenters. The minimum absolute atomic E-state index is 0.468. The Morgan fingerprint density at radius 1 is 0.947 bits per heavy atom. The first kappa shape index (κ1) is 13.6. The standard InChI is InChI=1S/C17H20O2/c1-12(2)14-7-6-8-15(11-14)19-17-10-5-4-9-16(17)13(3)18/h4-13,18H,1-3H3/t13-/m0/s1. The summed E-state index contributed by atoms with van der Waals surface area (Å²) in [4.78, 5) is 0. The van der Waals surface area contributed by atoms with E-state index in [0.29, 0.717) is 11.7 Å². The van der Waals surface area contributed by atoms with Gasteiger partial charge >= 0.3 is 0 Å². The quantitative estimate of drug-likeness (QED) is 0.862. The molecule has 0 saturated carbocycles. The Labute approximate surface area is 114 Å². The molecule has 0 spiro atoms. The molecule has 0 aliphatic rings. The molecular formula is C17H20O2. The van der Waals surface area contributed by atoms with E-state index in [4.69, 9.17) is 4.74 Å². The molecule has 0 radical (unpaired) electrons. The number of benzene rings is 2. The van der Waals surface area contributed by atoms with E-state index in [9.17, 15) is 5.11 Å². The van der Waals surface area contributed by atoms with Crippen molar-refractivity contribution in [1.29, 1.82) is 0 Å². The Morgan fingerprint density at radius 3 is 2.37 bits per heavy atom. The number of hydrogen-bond donors (Lipinski definition) is 1. The smallest absolute Gasteiger partial charge is 0.133 e. The molecule has 2 aromatic rings. The molecule has 0 bridgehead atoms. The minimum atomic E-state index is -0.538. The van der Waals surface area contributed by atoms with Gasteiger partial charge in [-0.25, -0.2) is 0 Å². The second-order valence-electron chi connectivity index (χ2n) is 5.04. The maximum atomic E-state index is 9.75. The van der Waals surface area contributed by atoms with Crippen LogP contribution >= 0.6 is 0 Å². The van der Waals surface area contributed by atoms with Crippen LogP contribution in [0.25, 0.3) is 0 Å². The van der Waals surface area contributed by atoms with E-state index in [1.165, 1.54) is 5.56 Å². The van der Waals surface area contributed by atoms with Crippen LogP contribution in [0.2, 0.25) is 0 Å². The van der Waals surface area contributed by atoms with E-state index in [1.807, 2.05) is 42.5 Å². The van der Waals surface area contributed by atoms with Crippen molar-refractivity contribution in [2.24, 2.45) is 0 Å². The molecule has 0 unspecified atom stereocenters. The monoisotopic (exact) mass is 256 g/mol. The molecule has 0 amide bonds. The van der Waals surface area contributed by atoms with Crippen molar-refractivity contribution in [2.45, 2.75) is 32.8 Å². The fourth-order valence-electron chi connectivity index (χ4n) is 1.98. The molecule has 100 valence electrons. The lowest BCUT2D eigenvalue weighted by Gasteiger charge is -2.14. The predicted molar refractivity (Wildman–Crippen MR) is 77.7 cm³/mol. The van der Waals surface area contributed by atoms with Gasteiger partial charge in [0, 0.05) is 5.56 Å². The van der Waals surface area contributed by atoms with E-state index in [2.05, 4.69) is 19.9 Å². The highest BCUT2D eigenvalue weighted by atomic mass is 16.5. The summed E-state index contributed by atoms with van der Waals surface area (Å²) < 4.78 is 5.90. The van der Waals surface area contributed by atoms with Gasteiger partial charge in [0.25, 0.3) is 0 Å². The maximum Gasteiger partial charge on any atom is 0.133 e. The summed E-state index contributed by atoms with van der Waals surface area (Å²) in [7, 11) is 0. The maximum absolute atomic E-state index is 9.75. The lowest BCUT2D eigenvalue weighted by molar-refractivity contribution is 0.195. The third kappa shape index (κ3) is 3.36. The Morgan fingerprint density at radius 2 is 1.68 bits per heavy atom. The molecule has 2 nitrogen and oxygen atoms in total. The Balaban J connectivity index is 2.29. The second-order valence-corrected chi connectivity index (χ2v) is 5.04. The number of aliphatic hydroxyl groups excluding tert-OH is 1. The summed E-state index contributed by atoms with van der Waals surface area (Å²) in [5.41, 5.74) is 2.05. The molecule has 0 aromatic heterocycles. The first-order chi connectivity index (χ1) is 9.08. The number of rotatable bonds is 4. The first-order valence-corrected chi connectivity index (χ1v) is 6.62. The van der Waals surface area contributed by atoms with Crippen LogP contribution in [0.1, 0.15) is 43.9 Å². The van der Waals surface area contributed by atoms with Gasteiger partial charge in [-0.05, 0) is 36.6 Å². The van der Waals surface area contributed by atoms with Crippen molar-refractivity contribution in [1.82, 2.24) is 0 Å². The summed E-state index contributed by atoms with van der Waals surface area (Å²) in [5, 5.41) is 9.75. The van der Waals surface area contributed by atoms with E-state index in [0.717, 1.165) is 11.3 Å². The molecule has 0 saturated heterocycles.